The van der Waals surface area contributed by atoms with Gasteiger partial charge in [-0.15, -0.1) is 0 Å². The monoisotopic (exact) mass is 292 g/mol. The van der Waals surface area contributed by atoms with Crippen LogP contribution in [0.15, 0.2) is 0 Å². The zero-order valence-electron chi connectivity index (χ0n) is 11.8. The summed E-state index contributed by atoms with van der Waals surface area (Å²) in [7, 11) is -3.01. The number of alkyl carbamates (subject to hydrolysis) is 1. The van der Waals surface area contributed by atoms with Crippen LogP contribution in [0.3, 0.4) is 0 Å². The van der Waals surface area contributed by atoms with Crippen molar-refractivity contribution in [2.24, 2.45) is 11.7 Å². The predicted octanol–water partition coefficient (Wildman–Crippen LogP) is 0.663. The average Bonchev–Trinajstić information content (AvgIpc) is 2.36. The van der Waals surface area contributed by atoms with Gasteiger partial charge in [-0.05, 0) is 46.1 Å². The number of carbonyl (C=O) groups excluding carboxylic acids is 1. The molecule has 0 aromatic heterocycles. The summed E-state index contributed by atoms with van der Waals surface area (Å²) in [5.41, 5.74) is 5.10. The molecule has 1 rings (SSSR count). The van der Waals surface area contributed by atoms with Crippen molar-refractivity contribution >= 4 is 15.9 Å². The molecule has 1 aliphatic rings. The lowest BCUT2D eigenvalue weighted by atomic mass is 9.95. The number of nitrogens with two attached hydrogens (primary N) is 1. The smallest absolute Gasteiger partial charge is 0.407 e. The second-order valence-electron chi connectivity index (χ2n) is 5.98. The van der Waals surface area contributed by atoms with Crippen LogP contribution in [0.5, 0.6) is 0 Å². The van der Waals surface area contributed by atoms with Crippen LogP contribution in [-0.4, -0.2) is 44.2 Å². The summed E-state index contributed by atoms with van der Waals surface area (Å²) in [5, 5.41) is 2.75. The molecule has 0 aliphatic carbocycles. The number of rotatable bonds is 2. The van der Waals surface area contributed by atoms with E-state index in [0.29, 0.717) is 19.4 Å². The lowest BCUT2D eigenvalue weighted by molar-refractivity contribution is 0.0485. The van der Waals surface area contributed by atoms with Gasteiger partial charge in [0.15, 0.2) is 0 Å². The van der Waals surface area contributed by atoms with Gasteiger partial charge >= 0.3 is 6.09 Å². The number of carbonyl (C=O) groups is 1. The first-order valence-corrected chi connectivity index (χ1v) is 8.35. The fourth-order valence-corrected chi connectivity index (χ4v) is 3.59. The van der Waals surface area contributed by atoms with Gasteiger partial charge in [0.05, 0.1) is 11.5 Å². The summed E-state index contributed by atoms with van der Waals surface area (Å²) < 4.78 is 28.4. The second kappa shape index (κ2) is 6.09. The molecule has 0 spiro atoms. The number of sulfone groups is 1. The van der Waals surface area contributed by atoms with Crippen molar-refractivity contribution in [2.75, 3.05) is 18.1 Å². The second-order valence-corrected chi connectivity index (χ2v) is 8.28. The lowest BCUT2D eigenvalue weighted by Gasteiger charge is -2.26. The molecular weight excluding hydrogens is 268 g/mol. The van der Waals surface area contributed by atoms with Crippen LogP contribution in [0.2, 0.25) is 0 Å². The van der Waals surface area contributed by atoms with E-state index in [1.165, 1.54) is 0 Å². The maximum absolute atomic E-state index is 11.7. The van der Waals surface area contributed by atoms with Crippen molar-refractivity contribution in [3.63, 3.8) is 0 Å². The van der Waals surface area contributed by atoms with E-state index in [0.717, 1.165) is 0 Å². The van der Waals surface area contributed by atoms with Crippen LogP contribution in [0.25, 0.3) is 0 Å². The highest BCUT2D eigenvalue weighted by Gasteiger charge is 2.30. The molecule has 0 aromatic carbocycles. The van der Waals surface area contributed by atoms with Crippen molar-refractivity contribution in [3.05, 3.63) is 0 Å². The number of hydrogen-bond donors (Lipinski definition) is 2. The van der Waals surface area contributed by atoms with Gasteiger partial charge in [0.25, 0.3) is 0 Å². The largest absolute Gasteiger partial charge is 0.444 e. The Balaban J connectivity index is 2.66. The van der Waals surface area contributed by atoms with Gasteiger partial charge in [0.1, 0.15) is 15.4 Å². The quantitative estimate of drug-likeness (QED) is 0.779. The number of amides is 1. The van der Waals surface area contributed by atoms with Gasteiger partial charge in [-0.3, -0.25) is 0 Å². The molecular formula is C12H24N2O4S. The Hall–Kier alpha value is -0.820. The van der Waals surface area contributed by atoms with E-state index in [1.807, 2.05) is 0 Å². The molecule has 112 valence electrons. The maximum atomic E-state index is 11.7. The SMILES string of the molecule is CC(C)(C)OC(=O)NC1CCS(=O)(=O)CCC1CN. The molecule has 2 atom stereocenters. The molecule has 3 N–H and O–H groups in total. The zero-order chi connectivity index (χ0) is 14.7. The van der Waals surface area contributed by atoms with Crippen molar-refractivity contribution in [1.82, 2.24) is 5.32 Å². The van der Waals surface area contributed by atoms with Gasteiger partial charge in [0, 0.05) is 6.04 Å². The summed E-state index contributed by atoms with van der Waals surface area (Å²) >= 11 is 0. The molecule has 7 heteroatoms. The molecule has 1 saturated heterocycles. The Morgan fingerprint density at radius 1 is 1.32 bits per heavy atom. The average molecular weight is 292 g/mol. The molecule has 1 aliphatic heterocycles. The first kappa shape index (κ1) is 16.2. The summed E-state index contributed by atoms with van der Waals surface area (Å²) in [6.07, 6.45) is 0.359. The fourth-order valence-electron chi connectivity index (χ4n) is 2.11. The van der Waals surface area contributed by atoms with Gasteiger partial charge in [-0.2, -0.15) is 0 Å². The number of ether oxygens (including phenoxy) is 1. The third kappa shape index (κ3) is 5.78. The van der Waals surface area contributed by atoms with Crippen molar-refractivity contribution in [2.45, 2.75) is 45.3 Å². The highest BCUT2D eigenvalue weighted by molar-refractivity contribution is 7.91. The van der Waals surface area contributed by atoms with Gasteiger partial charge in [0.2, 0.25) is 0 Å². The molecule has 2 unspecified atom stereocenters. The first-order chi connectivity index (χ1) is 8.63. The molecule has 19 heavy (non-hydrogen) atoms. The van der Waals surface area contributed by atoms with Crippen LogP contribution in [0.4, 0.5) is 4.79 Å². The van der Waals surface area contributed by atoms with E-state index in [9.17, 15) is 13.2 Å². The summed E-state index contributed by atoms with van der Waals surface area (Å²) in [5.74, 6) is 0.204. The van der Waals surface area contributed by atoms with Crippen LogP contribution in [-0.2, 0) is 14.6 Å². The first-order valence-electron chi connectivity index (χ1n) is 6.53. The van der Waals surface area contributed by atoms with Gasteiger partial charge < -0.3 is 15.8 Å². The Labute approximate surface area is 115 Å². The van der Waals surface area contributed by atoms with Crippen molar-refractivity contribution in [1.29, 1.82) is 0 Å². The highest BCUT2D eigenvalue weighted by atomic mass is 32.2. The van der Waals surface area contributed by atoms with Crippen LogP contribution < -0.4 is 11.1 Å². The zero-order valence-corrected chi connectivity index (χ0v) is 12.6. The van der Waals surface area contributed by atoms with Crippen molar-refractivity contribution < 1.29 is 17.9 Å². The molecule has 1 heterocycles. The topological polar surface area (TPSA) is 98.5 Å². The van der Waals surface area contributed by atoms with Crippen LogP contribution in [0.1, 0.15) is 33.6 Å². The number of hydrogen-bond acceptors (Lipinski definition) is 5. The Bertz CT molecular complexity index is 414. The predicted molar refractivity (Wildman–Crippen MR) is 73.6 cm³/mol. The van der Waals surface area contributed by atoms with E-state index in [-0.39, 0.29) is 23.5 Å². The van der Waals surface area contributed by atoms with E-state index < -0.39 is 21.5 Å². The third-order valence-electron chi connectivity index (χ3n) is 3.11. The maximum Gasteiger partial charge on any atom is 0.407 e. The van der Waals surface area contributed by atoms with Gasteiger partial charge in [-0.1, -0.05) is 0 Å². The Morgan fingerprint density at radius 2 is 1.89 bits per heavy atom. The van der Waals surface area contributed by atoms with E-state index in [4.69, 9.17) is 10.5 Å². The molecule has 1 amide bonds. The Morgan fingerprint density at radius 3 is 2.42 bits per heavy atom. The summed E-state index contributed by atoms with van der Waals surface area (Å²) in [4.78, 5) is 11.7. The third-order valence-corrected chi connectivity index (χ3v) is 4.83. The lowest BCUT2D eigenvalue weighted by Crippen LogP contribution is -2.45. The van der Waals surface area contributed by atoms with Gasteiger partial charge in [-0.25, -0.2) is 13.2 Å². The van der Waals surface area contributed by atoms with E-state index in [2.05, 4.69) is 5.32 Å². The van der Waals surface area contributed by atoms with Crippen LogP contribution in [0, 0.1) is 5.92 Å². The minimum absolute atomic E-state index is 0.0233. The molecule has 0 aromatic rings. The highest BCUT2D eigenvalue weighted by Crippen LogP contribution is 2.19. The minimum atomic E-state index is -3.01. The normalized spacial score (nSPS) is 27.4. The minimum Gasteiger partial charge on any atom is -0.444 e. The fraction of sp³-hybridized carbons (Fsp3) is 0.917. The molecule has 1 fully saturated rings. The number of nitrogens with one attached hydrogen (secondary N) is 1. The summed E-state index contributed by atoms with van der Waals surface area (Å²) in [6, 6.07) is -0.239. The van der Waals surface area contributed by atoms with E-state index >= 15 is 0 Å². The molecule has 0 saturated carbocycles. The molecule has 0 radical (unpaired) electrons. The molecule has 6 nitrogen and oxygen atoms in total. The standard InChI is InChI=1S/C12H24N2O4S/c1-12(2,3)18-11(15)14-10-5-7-19(16,17)6-4-9(10)8-13/h9-10H,4-8,13H2,1-3H3,(H,14,15). The van der Waals surface area contributed by atoms with Crippen LogP contribution >= 0.6 is 0 Å². The summed E-state index contributed by atoms with van der Waals surface area (Å²) in [6.45, 7) is 5.70. The van der Waals surface area contributed by atoms with E-state index in [1.54, 1.807) is 20.8 Å². The molecule has 0 bridgehead atoms. The Kier molecular flexibility index (Phi) is 5.20. The van der Waals surface area contributed by atoms with Crippen molar-refractivity contribution in [3.8, 4) is 0 Å².